The van der Waals surface area contributed by atoms with Crippen molar-refractivity contribution in [2.45, 2.75) is 46.2 Å². The molecule has 0 N–H and O–H groups in total. The second-order valence-electron chi connectivity index (χ2n) is 12.9. The Morgan fingerprint density at radius 1 is 0.812 bits per heavy atom. The summed E-state index contributed by atoms with van der Waals surface area (Å²) in [5.74, 6) is -0.609. The summed E-state index contributed by atoms with van der Waals surface area (Å²) in [5.41, 5.74) is 3.80. The first kappa shape index (κ1) is 25.6. The Bertz CT molecular complexity index is 2720. The fourth-order valence-electron chi connectivity index (χ4n) is 6.02. The Morgan fingerprint density at radius 2 is 1.62 bits per heavy atom. The number of aromatic nitrogens is 2. The molecule has 5 aromatic carbocycles. The molecule has 3 aromatic heterocycles. The summed E-state index contributed by atoms with van der Waals surface area (Å²) in [6.07, 6.45) is 1.48. The Labute approximate surface area is 307 Å². The summed E-state index contributed by atoms with van der Waals surface area (Å²) in [4.78, 5) is 8.69. The molecule has 0 aliphatic carbocycles. The molecule has 0 aliphatic heterocycles. The van der Waals surface area contributed by atoms with E-state index in [1.165, 1.54) is 5.19 Å². The van der Waals surface area contributed by atoms with Crippen LogP contribution in [0.1, 0.15) is 40.5 Å². The molecule has 0 saturated heterocycles. The van der Waals surface area contributed by atoms with E-state index in [4.69, 9.17) is 14.0 Å². The second kappa shape index (κ2) is 13.6. The van der Waals surface area contributed by atoms with Crippen LogP contribution >= 0.6 is 0 Å². The summed E-state index contributed by atoms with van der Waals surface area (Å²) >= 11 is 0. The van der Waals surface area contributed by atoms with Crippen molar-refractivity contribution in [3.63, 3.8) is 0 Å². The number of hydrogen-bond acceptors (Lipinski definition) is 3. The van der Waals surface area contributed by atoms with E-state index in [0.29, 0.717) is 16.7 Å². The van der Waals surface area contributed by atoms with E-state index in [-0.39, 0.29) is 25.8 Å². The van der Waals surface area contributed by atoms with Gasteiger partial charge >= 0.3 is 0 Å². The van der Waals surface area contributed by atoms with E-state index in [2.05, 4.69) is 78.1 Å². The van der Waals surface area contributed by atoms with Gasteiger partial charge in [0.2, 0.25) is 0 Å². The maximum atomic E-state index is 8.51. The molecule has 0 amide bonds. The van der Waals surface area contributed by atoms with Crippen molar-refractivity contribution < 1.29 is 34.1 Å². The molecule has 0 saturated carbocycles. The van der Waals surface area contributed by atoms with Gasteiger partial charge in [-0.25, -0.2) is 0 Å². The fourth-order valence-corrected chi connectivity index (χ4v) is 7.60. The average molecular weight is 826 g/mol. The topological polar surface area (TPSA) is 38.9 Å². The maximum absolute atomic E-state index is 8.51. The van der Waals surface area contributed by atoms with Gasteiger partial charge < -0.3 is 14.4 Å². The van der Waals surface area contributed by atoms with Crippen LogP contribution in [0.2, 0.25) is 19.6 Å². The van der Waals surface area contributed by atoms with Gasteiger partial charge in [-0.15, -0.1) is 54.1 Å². The van der Waals surface area contributed by atoms with Crippen molar-refractivity contribution in [3.05, 3.63) is 139 Å². The Kier molecular flexibility index (Phi) is 7.25. The first-order valence-corrected chi connectivity index (χ1v) is 19.1. The minimum Gasteiger partial charge on any atom is -0.501 e. The molecule has 0 fully saturated rings. The van der Waals surface area contributed by atoms with Gasteiger partial charge in [0.05, 0.1) is 17.8 Å². The van der Waals surface area contributed by atoms with E-state index in [1.807, 2.05) is 68.6 Å². The summed E-state index contributed by atoms with van der Waals surface area (Å²) in [5, 5.41) is 7.26. The van der Waals surface area contributed by atoms with E-state index in [0.717, 1.165) is 49.1 Å². The maximum Gasteiger partial charge on any atom is 0.121 e. The van der Waals surface area contributed by atoms with Gasteiger partial charge in [0, 0.05) is 43.3 Å². The number of hydrogen-bond donors (Lipinski definition) is 0. The molecule has 0 spiro atoms. The van der Waals surface area contributed by atoms with Crippen molar-refractivity contribution in [3.8, 4) is 22.5 Å². The fraction of sp³-hybridized carbons (Fsp3) is 0.163. The van der Waals surface area contributed by atoms with Crippen LogP contribution in [-0.4, -0.2) is 18.0 Å². The van der Waals surface area contributed by atoms with Crippen LogP contribution < -0.4 is 5.19 Å². The molecule has 8 aromatic rings. The van der Waals surface area contributed by atoms with Crippen LogP contribution in [0.15, 0.2) is 120 Å². The molecule has 48 heavy (non-hydrogen) atoms. The predicted molar refractivity (Wildman–Crippen MR) is 201 cm³/mol. The van der Waals surface area contributed by atoms with Crippen molar-refractivity contribution in [1.29, 1.82) is 0 Å². The van der Waals surface area contributed by atoms with Gasteiger partial charge in [0.1, 0.15) is 5.58 Å². The zero-order valence-electron chi connectivity index (χ0n) is 34.4. The predicted octanol–water partition coefficient (Wildman–Crippen LogP) is 11.3. The summed E-state index contributed by atoms with van der Waals surface area (Å²) in [6, 6.07) is 35.0. The number of pyridine rings is 2. The molecule has 241 valence electrons. The number of nitrogens with zero attached hydrogens (tertiary/aromatic N) is 2. The van der Waals surface area contributed by atoms with Crippen LogP contribution in [-0.2, 0) is 20.1 Å². The van der Waals surface area contributed by atoms with Crippen molar-refractivity contribution >= 4 is 56.7 Å². The number of furan rings is 1. The standard InChI is InChI=1S/C26H16NO.C17H22NSi.Ir/c1-16-11-12-27-24(13-16)21-8-4-7-20-23-14-18-10-9-17-5-2-3-6-19(17)22(18)15-25(23)28-26(20)21;1-13(2)15-11-16(14-9-7-6-8-10-14)18-12-17(15)19(3,4)5;/h2-7,9-15H,1H3;6-9,11-13H,1-5H3;/q2*-1;/i1D3,11D,12D,13D;13D;. The molecule has 3 nitrogen and oxygen atoms in total. The van der Waals surface area contributed by atoms with E-state index >= 15 is 0 Å². The quantitative estimate of drug-likeness (QED) is 0.101. The van der Waals surface area contributed by atoms with Crippen LogP contribution in [0.4, 0.5) is 0 Å². The van der Waals surface area contributed by atoms with Gasteiger partial charge in [0.25, 0.3) is 0 Å². The number of fused-ring (bicyclic) bond motifs is 6. The van der Waals surface area contributed by atoms with E-state index in [1.54, 1.807) is 6.07 Å². The largest absolute Gasteiger partial charge is 0.501 e. The zero-order chi connectivity index (χ0) is 38.7. The summed E-state index contributed by atoms with van der Waals surface area (Å²) in [7, 11) is -1.50. The number of benzene rings is 5. The SMILES string of the molecule is [2H]C(C)(C)c1cc(-c2[c-]cccc2)ncc1[Si](C)(C)C.[2H]c1nc(-c2[c-]ccc3c2oc2cc4c(ccc5ccccc54)cc23)c([2H])c(C([2H])([2H])[2H])c1[2H].[Ir]. The first-order valence-electron chi connectivity index (χ1n) is 19.1. The second-order valence-corrected chi connectivity index (χ2v) is 17.9. The van der Waals surface area contributed by atoms with Crippen molar-refractivity contribution in [1.82, 2.24) is 9.97 Å². The third kappa shape index (κ3) is 6.51. The molecule has 1 radical (unpaired) electrons. The molecule has 0 bridgehead atoms. The van der Waals surface area contributed by atoms with Gasteiger partial charge in [0.15, 0.2) is 0 Å². The summed E-state index contributed by atoms with van der Waals surface area (Å²) < 4.78 is 62.5. The van der Waals surface area contributed by atoms with Gasteiger partial charge in [-0.2, -0.15) is 0 Å². The van der Waals surface area contributed by atoms with Crippen molar-refractivity contribution in [2.75, 3.05) is 0 Å². The Morgan fingerprint density at radius 3 is 2.40 bits per heavy atom. The smallest absolute Gasteiger partial charge is 0.121 e. The van der Waals surface area contributed by atoms with Gasteiger partial charge in [-0.3, -0.25) is 0 Å². The molecule has 0 aliphatic rings. The first-order chi connectivity index (χ1) is 25.4. The Balaban J connectivity index is 0.000000211. The molecule has 5 heteroatoms. The Hall–Kier alpha value is -4.41. The monoisotopic (exact) mass is 826 g/mol. The summed E-state index contributed by atoms with van der Waals surface area (Å²) in [6.45, 7) is 8.08. The normalized spacial score (nSPS) is 14.1. The van der Waals surface area contributed by atoms with Crippen LogP contribution in [0.5, 0.6) is 0 Å². The van der Waals surface area contributed by atoms with E-state index < -0.39 is 44.6 Å². The third-order valence-electron chi connectivity index (χ3n) is 8.36. The van der Waals surface area contributed by atoms with Gasteiger partial charge in [-0.05, 0) is 69.0 Å². The number of rotatable bonds is 4. The molecular weight excluding hydrogens is 781 g/mol. The molecular formula is C43H38IrN2OSi-2. The van der Waals surface area contributed by atoms with Crippen LogP contribution in [0.3, 0.4) is 0 Å². The molecule has 8 rings (SSSR count). The molecule has 3 heterocycles. The minimum atomic E-state index is -2.72. The third-order valence-corrected chi connectivity index (χ3v) is 10.4. The zero-order valence-corrected chi connectivity index (χ0v) is 30.8. The van der Waals surface area contributed by atoms with Crippen LogP contribution in [0, 0.1) is 19.0 Å². The van der Waals surface area contributed by atoms with Crippen LogP contribution in [0.25, 0.3) is 66.0 Å². The van der Waals surface area contributed by atoms with Gasteiger partial charge in [-0.1, -0.05) is 104 Å². The van der Waals surface area contributed by atoms with Crippen molar-refractivity contribution in [2.24, 2.45) is 0 Å². The van der Waals surface area contributed by atoms with E-state index in [9.17, 15) is 0 Å². The average Bonchev–Trinajstić information content (AvgIpc) is 3.49. The molecule has 0 atom stereocenters. The minimum absolute atomic E-state index is 0. The molecule has 0 unspecified atom stereocenters.